The van der Waals surface area contributed by atoms with E-state index in [0.29, 0.717) is 17.4 Å². The zero-order valence-corrected chi connectivity index (χ0v) is 12.8. The van der Waals surface area contributed by atoms with E-state index < -0.39 is 35.1 Å². The number of ether oxygens (including phenoxy) is 1. The summed E-state index contributed by atoms with van der Waals surface area (Å²) in [7, 11) is 1.45. The summed E-state index contributed by atoms with van der Waals surface area (Å²) in [6, 6.07) is 7.91. The molecule has 1 amide bonds. The van der Waals surface area contributed by atoms with Crippen molar-refractivity contribution in [2.24, 2.45) is 0 Å². The second-order valence-corrected chi connectivity index (χ2v) is 5.00. The van der Waals surface area contributed by atoms with E-state index >= 15 is 0 Å². The normalized spacial score (nSPS) is 11.6. The van der Waals surface area contributed by atoms with Crippen LogP contribution < -0.4 is 10.1 Å². The minimum atomic E-state index is -1.29. The molecule has 24 heavy (non-hydrogen) atoms. The molecule has 2 aromatic rings. The van der Waals surface area contributed by atoms with Gasteiger partial charge in [-0.05, 0) is 23.8 Å². The third kappa shape index (κ3) is 4.07. The second-order valence-electron chi connectivity index (χ2n) is 5.00. The molecule has 0 aliphatic heterocycles. The largest absolute Gasteiger partial charge is 0.496 e. The fourth-order valence-corrected chi connectivity index (χ4v) is 2.20. The molecule has 2 aromatic carbocycles. The standard InChI is InChI=1S/C17H15F2NO4/c1-24-15-5-3-2-4-10(15)8-14(17(22)23)20-16(21)12-7-6-11(18)9-13(12)19/h2-7,9,14H,8H2,1H3,(H,20,21)(H,22,23)/t14-/m0/s1. The number of rotatable bonds is 6. The molecule has 126 valence electrons. The second kappa shape index (κ2) is 7.54. The van der Waals surface area contributed by atoms with E-state index in [4.69, 9.17) is 4.74 Å². The van der Waals surface area contributed by atoms with Crippen molar-refractivity contribution in [2.45, 2.75) is 12.5 Å². The summed E-state index contributed by atoms with van der Waals surface area (Å²) >= 11 is 0. The van der Waals surface area contributed by atoms with Crippen molar-refractivity contribution in [2.75, 3.05) is 7.11 Å². The van der Waals surface area contributed by atoms with Gasteiger partial charge >= 0.3 is 5.97 Å². The number of amides is 1. The van der Waals surface area contributed by atoms with Gasteiger partial charge in [-0.1, -0.05) is 18.2 Å². The van der Waals surface area contributed by atoms with Gasteiger partial charge in [-0.15, -0.1) is 0 Å². The van der Waals surface area contributed by atoms with Gasteiger partial charge < -0.3 is 15.2 Å². The third-order valence-corrected chi connectivity index (χ3v) is 3.40. The smallest absolute Gasteiger partial charge is 0.326 e. The Hall–Kier alpha value is -2.96. The van der Waals surface area contributed by atoms with Crippen LogP contribution in [0.15, 0.2) is 42.5 Å². The van der Waals surface area contributed by atoms with Crippen LogP contribution in [-0.4, -0.2) is 30.1 Å². The lowest BCUT2D eigenvalue weighted by Gasteiger charge is -2.16. The quantitative estimate of drug-likeness (QED) is 0.850. The summed E-state index contributed by atoms with van der Waals surface area (Å²) in [5.74, 6) is -3.63. The summed E-state index contributed by atoms with van der Waals surface area (Å²) in [5, 5.41) is 11.5. The van der Waals surface area contributed by atoms with E-state index in [1.54, 1.807) is 24.3 Å². The van der Waals surface area contributed by atoms with Crippen LogP contribution in [0.4, 0.5) is 8.78 Å². The highest BCUT2D eigenvalue weighted by atomic mass is 19.1. The lowest BCUT2D eigenvalue weighted by Crippen LogP contribution is -2.42. The first-order valence-corrected chi connectivity index (χ1v) is 7.03. The number of benzene rings is 2. The van der Waals surface area contributed by atoms with Crippen LogP contribution >= 0.6 is 0 Å². The maximum Gasteiger partial charge on any atom is 0.326 e. The number of carbonyl (C=O) groups is 2. The lowest BCUT2D eigenvalue weighted by atomic mass is 10.0. The zero-order valence-electron chi connectivity index (χ0n) is 12.8. The Labute approximate surface area is 136 Å². The molecule has 2 rings (SSSR count). The van der Waals surface area contributed by atoms with Crippen molar-refractivity contribution in [1.82, 2.24) is 5.32 Å². The molecule has 0 unspecified atom stereocenters. The summed E-state index contributed by atoms with van der Waals surface area (Å²) in [5.41, 5.74) is 0.148. The Balaban J connectivity index is 2.19. The molecule has 0 aromatic heterocycles. The van der Waals surface area contributed by atoms with Gasteiger partial charge in [-0.3, -0.25) is 4.79 Å². The van der Waals surface area contributed by atoms with E-state index in [1.807, 2.05) is 0 Å². The van der Waals surface area contributed by atoms with Crippen LogP contribution in [0, 0.1) is 11.6 Å². The predicted octanol–water partition coefficient (Wildman–Crippen LogP) is 2.40. The highest BCUT2D eigenvalue weighted by Gasteiger charge is 2.24. The number of carboxylic acids is 1. The van der Waals surface area contributed by atoms with Gasteiger partial charge in [0.25, 0.3) is 5.91 Å². The Morgan fingerprint density at radius 3 is 2.54 bits per heavy atom. The van der Waals surface area contributed by atoms with Crippen LogP contribution in [0.3, 0.4) is 0 Å². The first-order valence-electron chi connectivity index (χ1n) is 7.03. The molecule has 1 atom stereocenters. The van der Waals surface area contributed by atoms with Gasteiger partial charge in [0.1, 0.15) is 23.4 Å². The number of carbonyl (C=O) groups excluding carboxylic acids is 1. The third-order valence-electron chi connectivity index (χ3n) is 3.40. The van der Waals surface area contributed by atoms with Crippen LogP contribution in [-0.2, 0) is 11.2 Å². The van der Waals surface area contributed by atoms with Crippen molar-refractivity contribution >= 4 is 11.9 Å². The minimum Gasteiger partial charge on any atom is -0.496 e. The lowest BCUT2D eigenvalue weighted by molar-refractivity contribution is -0.139. The molecule has 7 heteroatoms. The molecule has 0 aliphatic rings. The number of para-hydroxylation sites is 1. The molecule has 5 nitrogen and oxygen atoms in total. The summed E-state index contributed by atoms with van der Waals surface area (Å²) < 4.78 is 31.7. The molecular weight excluding hydrogens is 320 g/mol. The first-order chi connectivity index (χ1) is 11.4. The van der Waals surface area contributed by atoms with Crippen molar-refractivity contribution in [1.29, 1.82) is 0 Å². The topological polar surface area (TPSA) is 75.6 Å². The maximum atomic E-state index is 13.6. The number of hydrogen-bond acceptors (Lipinski definition) is 3. The van der Waals surface area contributed by atoms with Gasteiger partial charge in [0, 0.05) is 12.5 Å². The van der Waals surface area contributed by atoms with Crippen molar-refractivity contribution < 1.29 is 28.2 Å². The van der Waals surface area contributed by atoms with Crippen LogP contribution in [0.2, 0.25) is 0 Å². The molecule has 0 saturated heterocycles. The van der Waals surface area contributed by atoms with Crippen molar-refractivity contribution in [3.8, 4) is 5.75 Å². The summed E-state index contributed by atoms with van der Waals surface area (Å²) in [6.07, 6.45) is -0.0477. The van der Waals surface area contributed by atoms with Crippen molar-refractivity contribution in [3.05, 3.63) is 65.2 Å². The number of methoxy groups -OCH3 is 1. The highest BCUT2D eigenvalue weighted by molar-refractivity contribution is 5.96. The molecular formula is C17H15F2NO4. The van der Waals surface area contributed by atoms with E-state index in [9.17, 15) is 23.5 Å². The first kappa shape index (κ1) is 17.4. The Morgan fingerprint density at radius 2 is 1.92 bits per heavy atom. The average Bonchev–Trinajstić information content (AvgIpc) is 2.54. The number of carboxylic acid groups (broad SMARTS) is 1. The molecule has 0 heterocycles. The maximum absolute atomic E-state index is 13.6. The Morgan fingerprint density at radius 1 is 1.21 bits per heavy atom. The molecule has 0 fully saturated rings. The molecule has 0 bridgehead atoms. The van der Waals surface area contributed by atoms with Crippen molar-refractivity contribution in [3.63, 3.8) is 0 Å². The molecule has 0 spiro atoms. The fourth-order valence-electron chi connectivity index (χ4n) is 2.20. The minimum absolute atomic E-state index is 0.0477. The van der Waals surface area contributed by atoms with Gasteiger partial charge in [-0.2, -0.15) is 0 Å². The molecule has 0 aliphatic carbocycles. The van der Waals surface area contributed by atoms with Crippen LogP contribution in [0.1, 0.15) is 15.9 Å². The van der Waals surface area contributed by atoms with Crippen LogP contribution in [0.25, 0.3) is 0 Å². The van der Waals surface area contributed by atoms with Gasteiger partial charge in [0.2, 0.25) is 0 Å². The highest BCUT2D eigenvalue weighted by Crippen LogP contribution is 2.19. The number of nitrogens with one attached hydrogen (secondary N) is 1. The molecule has 0 saturated carbocycles. The van der Waals surface area contributed by atoms with E-state index in [2.05, 4.69) is 5.32 Å². The monoisotopic (exact) mass is 335 g/mol. The number of halogens is 2. The number of hydrogen-bond donors (Lipinski definition) is 2. The fraction of sp³-hybridized carbons (Fsp3) is 0.176. The summed E-state index contributed by atoms with van der Waals surface area (Å²) in [6.45, 7) is 0. The van der Waals surface area contributed by atoms with Gasteiger partial charge in [0.05, 0.1) is 12.7 Å². The molecule has 0 radical (unpaired) electrons. The average molecular weight is 335 g/mol. The van der Waals surface area contributed by atoms with Crippen LogP contribution in [0.5, 0.6) is 5.75 Å². The molecule has 2 N–H and O–H groups in total. The number of aliphatic carboxylic acids is 1. The summed E-state index contributed by atoms with van der Waals surface area (Å²) in [4.78, 5) is 23.5. The van der Waals surface area contributed by atoms with E-state index in [1.165, 1.54) is 7.11 Å². The predicted molar refractivity (Wildman–Crippen MR) is 81.9 cm³/mol. The zero-order chi connectivity index (χ0) is 17.7. The van der Waals surface area contributed by atoms with E-state index in [0.717, 1.165) is 12.1 Å². The van der Waals surface area contributed by atoms with Gasteiger partial charge in [-0.25, -0.2) is 13.6 Å². The SMILES string of the molecule is COc1ccccc1C[C@H](NC(=O)c1ccc(F)cc1F)C(=O)O. The van der Waals surface area contributed by atoms with E-state index in [-0.39, 0.29) is 6.42 Å². The Bertz CT molecular complexity index is 764. The van der Waals surface area contributed by atoms with Gasteiger partial charge in [0.15, 0.2) is 0 Å². The Kier molecular flexibility index (Phi) is 5.47.